The minimum atomic E-state index is 0.565. The molecule has 5 nitrogen and oxygen atoms in total. The van der Waals surface area contributed by atoms with Crippen molar-refractivity contribution in [2.45, 2.75) is 0 Å². The van der Waals surface area contributed by atoms with Crippen LogP contribution in [0.4, 0.5) is 0 Å². The molecule has 296 valence electrons. The lowest BCUT2D eigenvalue weighted by molar-refractivity contribution is 0.653. The Balaban J connectivity index is 1.12. The van der Waals surface area contributed by atoms with E-state index in [0.717, 1.165) is 50.0 Å². The summed E-state index contributed by atoms with van der Waals surface area (Å²) in [5, 5.41) is 14.3. The van der Waals surface area contributed by atoms with Crippen LogP contribution in [0.15, 0.2) is 199 Å². The van der Waals surface area contributed by atoms with E-state index < -0.39 is 0 Å². The van der Waals surface area contributed by atoms with Crippen molar-refractivity contribution in [1.82, 2.24) is 19.1 Å². The van der Waals surface area contributed by atoms with Gasteiger partial charge in [0.2, 0.25) is 5.71 Å². The van der Waals surface area contributed by atoms with E-state index in [4.69, 9.17) is 14.4 Å². The summed E-state index contributed by atoms with van der Waals surface area (Å²) >= 11 is 1.88. The van der Waals surface area contributed by atoms with Crippen LogP contribution in [0.25, 0.3) is 141 Å². The van der Waals surface area contributed by atoms with Gasteiger partial charge in [0, 0.05) is 69.1 Å². The van der Waals surface area contributed by atoms with Crippen molar-refractivity contribution in [2.75, 3.05) is 0 Å². The summed E-state index contributed by atoms with van der Waals surface area (Å²) in [6, 6.07) is 70.0. The molecule has 0 fully saturated rings. The van der Waals surface area contributed by atoms with E-state index >= 15 is 0 Å². The summed E-state index contributed by atoms with van der Waals surface area (Å²) in [6.45, 7) is 0. The van der Waals surface area contributed by atoms with Gasteiger partial charge in [-0.25, -0.2) is 4.98 Å². The number of furan rings is 1. The summed E-state index contributed by atoms with van der Waals surface area (Å²) in [5.74, 6) is 1.41. The predicted octanol–water partition coefficient (Wildman–Crippen LogP) is 16.0. The lowest BCUT2D eigenvalue weighted by Gasteiger charge is -2.13. The Morgan fingerprint density at radius 3 is 2.02 bits per heavy atom. The minimum absolute atomic E-state index is 0.565. The smallest absolute Gasteiger partial charge is 0.233 e. The molecule has 0 bridgehead atoms. The van der Waals surface area contributed by atoms with Crippen molar-refractivity contribution in [3.8, 4) is 34.0 Å². The predicted molar refractivity (Wildman–Crippen MR) is 268 cm³/mol. The quantitative estimate of drug-likeness (QED) is 0.166. The molecule has 0 saturated heterocycles. The lowest BCUT2D eigenvalue weighted by atomic mass is 9.95. The third kappa shape index (κ3) is 4.56. The minimum Gasteiger partial charge on any atom is -0.437 e. The number of thiophene rings is 1. The van der Waals surface area contributed by atoms with Crippen LogP contribution in [0.1, 0.15) is 0 Å². The zero-order valence-electron chi connectivity index (χ0n) is 34.1. The van der Waals surface area contributed by atoms with Crippen LogP contribution in [-0.2, 0) is 0 Å². The first kappa shape index (κ1) is 34.3. The molecule has 5 heterocycles. The van der Waals surface area contributed by atoms with E-state index in [-0.39, 0.29) is 0 Å². The lowest BCUT2D eigenvalue weighted by Crippen LogP contribution is -2.02. The fourth-order valence-electron chi connectivity index (χ4n) is 10.8. The molecule has 6 heteroatoms. The normalized spacial score (nSPS) is 12.4. The topological polar surface area (TPSA) is 48.8 Å². The maximum absolute atomic E-state index is 6.61. The van der Waals surface area contributed by atoms with Crippen LogP contribution < -0.4 is 0 Å². The maximum atomic E-state index is 6.61. The van der Waals surface area contributed by atoms with Gasteiger partial charge in [0.15, 0.2) is 11.6 Å². The van der Waals surface area contributed by atoms with Gasteiger partial charge in [0.25, 0.3) is 0 Å². The number of hydrogen-bond donors (Lipinski definition) is 0. The highest BCUT2D eigenvalue weighted by molar-refractivity contribution is 7.27. The van der Waals surface area contributed by atoms with Gasteiger partial charge >= 0.3 is 0 Å². The summed E-state index contributed by atoms with van der Waals surface area (Å²) in [6.07, 6.45) is 0. The molecule has 5 aromatic heterocycles. The second-order valence-corrected chi connectivity index (χ2v) is 17.9. The highest BCUT2D eigenvalue weighted by Gasteiger charge is 2.27. The van der Waals surface area contributed by atoms with Crippen LogP contribution >= 0.6 is 11.3 Å². The average Bonchev–Trinajstić information content (AvgIpc) is 4.12. The summed E-state index contributed by atoms with van der Waals surface area (Å²) < 4.78 is 14.0. The van der Waals surface area contributed by atoms with E-state index in [1.165, 1.54) is 79.9 Å². The van der Waals surface area contributed by atoms with E-state index in [0.29, 0.717) is 11.5 Å². The summed E-state index contributed by atoms with van der Waals surface area (Å²) in [4.78, 5) is 10.7. The van der Waals surface area contributed by atoms with Gasteiger partial charge in [0.05, 0.1) is 27.5 Å². The van der Waals surface area contributed by atoms with Crippen molar-refractivity contribution >= 4 is 119 Å². The third-order valence-corrected chi connectivity index (χ3v) is 14.7. The molecule has 0 aliphatic carbocycles. The molecule has 0 amide bonds. The van der Waals surface area contributed by atoms with Gasteiger partial charge in [-0.2, -0.15) is 4.98 Å². The van der Waals surface area contributed by atoms with Crippen molar-refractivity contribution in [2.24, 2.45) is 0 Å². The second-order valence-electron chi connectivity index (χ2n) is 16.9. The molecular formula is C58H32N4OS. The number of fused-ring (bicyclic) bond motifs is 13. The van der Waals surface area contributed by atoms with Crippen LogP contribution in [0.5, 0.6) is 0 Å². The number of benzene rings is 10. The van der Waals surface area contributed by atoms with Gasteiger partial charge in [-0.3, -0.25) is 4.57 Å². The molecule has 15 rings (SSSR count). The fraction of sp³-hybridized carbons (Fsp3) is 0. The summed E-state index contributed by atoms with van der Waals surface area (Å²) in [5.41, 5.74) is 10.4. The van der Waals surface area contributed by atoms with Gasteiger partial charge in [-0.1, -0.05) is 140 Å². The number of nitrogens with zero attached hydrogens (tertiary/aromatic N) is 4. The van der Waals surface area contributed by atoms with Crippen LogP contribution in [0.3, 0.4) is 0 Å². The monoisotopic (exact) mass is 832 g/mol. The van der Waals surface area contributed by atoms with E-state index in [2.05, 4.69) is 173 Å². The Hall–Kier alpha value is -8.32. The SMILES string of the molecule is c1ccc(-c2nc(-n3c4ccc(-c5cc6ccc7cccc8c7c6c(c5)n8-c5ccccc5)cc4c4c5c6ccccc6sc5c5ccccc5c43)c3c(n2)oc2ccccc23)cc1. The fourth-order valence-corrected chi connectivity index (χ4v) is 12.0. The number of aromatic nitrogens is 4. The van der Waals surface area contributed by atoms with Crippen LogP contribution in [0.2, 0.25) is 0 Å². The Morgan fingerprint density at radius 2 is 1.14 bits per heavy atom. The number of rotatable bonds is 4. The largest absolute Gasteiger partial charge is 0.437 e. The van der Waals surface area contributed by atoms with Crippen molar-refractivity contribution in [1.29, 1.82) is 0 Å². The molecule has 0 aliphatic rings. The van der Waals surface area contributed by atoms with Gasteiger partial charge in [0.1, 0.15) is 5.58 Å². The Labute approximate surface area is 368 Å². The summed E-state index contributed by atoms with van der Waals surface area (Å²) in [7, 11) is 0. The zero-order valence-corrected chi connectivity index (χ0v) is 34.9. The van der Waals surface area contributed by atoms with Gasteiger partial charge in [-0.05, 0) is 76.5 Å². The van der Waals surface area contributed by atoms with E-state index in [1.807, 2.05) is 41.7 Å². The van der Waals surface area contributed by atoms with Crippen LogP contribution in [-0.4, -0.2) is 19.1 Å². The second kappa shape index (κ2) is 12.6. The molecule has 10 aromatic carbocycles. The van der Waals surface area contributed by atoms with Crippen molar-refractivity contribution in [3.05, 3.63) is 194 Å². The Kier molecular flexibility index (Phi) is 6.77. The number of hydrogen-bond acceptors (Lipinski definition) is 4. The molecule has 0 radical (unpaired) electrons. The first-order chi connectivity index (χ1) is 31.7. The third-order valence-electron chi connectivity index (χ3n) is 13.4. The van der Waals surface area contributed by atoms with Gasteiger partial charge in [-0.15, -0.1) is 11.3 Å². The first-order valence-electron chi connectivity index (χ1n) is 21.7. The number of para-hydroxylation sites is 2. The highest BCUT2D eigenvalue weighted by Crippen LogP contribution is 2.50. The first-order valence-corrected chi connectivity index (χ1v) is 22.5. The van der Waals surface area contributed by atoms with Gasteiger partial charge < -0.3 is 8.98 Å². The molecule has 0 aliphatic heterocycles. The highest BCUT2D eigenvalue weighted by atomic mass is 32.1. The van der Waals surface area contributed by atoms with E-state index in [1.54, 1.807) is 0 Å². The Bertz CT molecular complexity index is 4420. The molecule has 15 aromatic rings. The zero-order chi connectivity index (χ0) is 41.6. The molecule has 0 unspecified atom stereocenters. The molecule has 0 atom stereocenters. The van der Waals surface area contributed by atoms with E-state index in [9.17, 15) is 0 Å². The average molecular weight is 833 g/mol. The molecular weight excluding hydrogens is 801 g/mol. The van der Waals surface area contributed by atoms with Crippen LogP contribution in [0, 0.1) is 0 Å². The Morgan fingerprint density at radius 1 is 0.406 bits per heavy atom. The molecule has 64 heavy (non-hydrogen) atoms. The molecule has 0 N–H and O–H groups in total. The van der Waals surface area contributed by atoms with Crippen molar-refractivity contribution < 1.29 is 4.42 Å². The maximum Gasteiger partial charge on any atom is 0.233 e. The standard InChI is InChI=1S/C58H32N4OS/c1-3-14-34(15-4-1)56-59-57(53-41-21-9-11-24-47(41)63-58(53)60-56)62-44-29-28-35(31-43(44)51-52-42-22-10-12-25-48(42)64-55(52)40-20-8-7-19-39(40)54(51)62)37-30-36-27-26-33-16-13-23-45-49(33)50(36)46(32-37)61(45)38-17-5-2-6-18-38/h1-32H. The van der Waals surface area contributed by atoms with Crippen molar-refractivity contribution in [3.63, 3.8) is 0 Å². The molecule has 0 spiro atoms. The molecule has 0 saturated carbocycles.